The maximum atomic E-state index is 11.4. The van der Waals surface area contributed by atoms with E-state index in [0.29, 0.717) is 29.3 Å². The first-order chi connectivity index (χ1) is 12.0. The molecule has 4 N–H and O–H groups in total. The summed E-state index contributed by atoms with van der Waals surface area (Å²) in [6, 6.07) is 7.60. The Hall–Kier alpha value is -3.22. The molecule has 2 aromatic rings. The maximum Gasteiger partial charge on any atom is 0.228 e. The summed E-state index contributed by atoms with van der Waals surface area (Å²) in [5.74, 6) is 0.452. The molecular formula is C18H22N6O. The summed E-state index contributed by atoms with van der Waals surface area (Å²) in [7, 11) is 0. The number of aliphatic imine (C=N–C) groups is 1. The van der Waals surface area contributed by atoms with E-state index in [1.807, 2.05) is 31.2 Å². The summed E-state index contributed by atoms with van der Waals surface area (Å²) in [5.41, 5.74) is 9.28. The van der Waals surface area contributed by atoms with Gasteiger partial charge < -0.3 is 16.5 Å². The Kier molecular flexibility index (Phi) is 5.84. The van der Waals surface area contributed by atoms with E-state index in [-0.39, 0.29) is 5.91 Å². The van der Waals surface area contributed by atoms with Crippen LogP contribution in [0.5, 0.6) is 0 Å². The van der Waals surface area contributed by atoms with Gasteiger partial charge in [0, 0.05) is 42.8 Å². The fraction of sp³-hybridized carbons (Fsp3) is 0.222. The molecule has 0 atom stereocenters. The number of allylic oxidation sites excluding steroid dienone is 1. The van der Waals surface area contributed by atoms with Crippen LogP contribution in [-0.4, -0.2) is 34.1 Å². The van der Waals surface area contributed by atoms with Crippen molar-refractivity contribution in [2.24, 2.45) is 10.7 Å². The first-order valence-corrected chi connectivity index (χ1v) is 7.90. The lowest BCUT2D eigenvalue weighted by Crippen LogP contribution is -2.19. The van der Waals surface area contributed by atoms with Gasteiger partial charge in [0.25, 0.3) is 0 Å². The van der Waals surface area contributed by atoms with Gasteiger partial charge in [-0.15, -0.1) is 0 Å². The largest absolute Gasteiger partial charge is 0.402 e. The van der Waals surface area contributed by atoms with Crippen LogP contribution in [0.15, 0.2) is 53.1 Å². The topological polar surface area (TPSA) is 109 Å². The Bertz CT molecular complexity index is 843. The van der Waals surface area contributed by atoms with Crippen molar-refractivity contribution in [1.29, 1.82) is 5.41 Å². The highest BCUT2D eigenvalue weighted by molar-refractivity contribution is 6.20. The van der Waals surface area contributed by atoms with Crippen molar-refractivity contribution in [1.82, 2.24) is 9.55 Å². The molecule has 0 aliphatic carbocycles. The Morgan fingerprint density at radius 3 is 2.76 bits per heavy atom. The third-order valence-corrected chi connectivity index (χ3v) is 3.51. The number of rotatable bonds is 5. The molecule has 0 saturated carbocycles. The van der Waals surface area contributed by atoms with Gasteiger partial charge in [0.2, 0.25) is 5.91 Å². The number of carbonyl (C=O) groups is 1. The number of amidine groups is 1. The lowest BCUT2D eigenvalue weighted by Gasteiger charge is -2.12. The first kappa shape index (κ1) is 18.1. The van der Waals surface area contributed by atoms with Crippen molar-refractivity contribution in [3.63, 3.8) is 0 Å². The minimum atomic E-state index is -0.0930. The summed E-state index contributed by atoms with van der Waals surface area (Å²) in [5, 5.41) is 10.8. The van der Waals surface area contributed by atoms with Crippen LogP contribution >= 0.6 is 0 Å². The number of nitrogens with two attached hydrogens (primary N) is 1. The third-order valence-electron chi connectivity index (χ3n) is 3.51. The van der Waals surface area contributed by atoms with Crippen LogP contribution in [0.25, 0.3) is 11.3 Å². The highest BCUT2D eigenvalue weighted by atomic mass is 16.1. The summed E-state index contributed by atoms with van der Waals surface area (Å²) in [6.07, 6.45) is 4.38. The monoisotopic (exact) mass is 338 g/mol. The highest BCUT2D eigenvalue weighted by Crippen LogP contribution is 2.21. The number of carbonyl (C=O) groups excluding carboxylic acids is 1. The van der Waals surface area contributed by atoms with Crippen molar-refractivity contribution >= 4 is 23.6 Å². The quantitative estimate of drug-likeness (QED) is 0.575. The second-order valence-electron chi connectivity index (χ2n) is 5.45. The minimum Gasteiger partial charge on any atom is -0.402 e. The van der Waals surface area contributed by atoms with E-state index in [4.69, 9.17) is 11.1 Å². The predicted molar refractivity (Wildman–Crippen MR) is 101 cm³/mol. The van der Waals surface area contributed by atoms with Gasteiger partial charge in [0.15, 0.2) is 0 Å². The van der Waals surface area contributed by atoms with Gasteiger partial charge in [-0.25, -0.2) is 4.98 Å². The molecule has 25 heavy (non-hydrogen) atoms. The average molecular weight is 338 g/mol. The van der Waals surface area contributed by atoms with Crippen molar-refractivity contribution in [2.75, 3.05) is 11.9 Å². The Balaban J connectivity index is 2.34. The maximum absolute atomic E-state index is 11.4. The molecule has 2 rings (SSSR count). The van der Waals surface area contributed by atoms with Crippen LogP contribution in [0.1, 0.15) is 25.6 Å². The van der Waals surface area contributed by atoms with Crippen LogP contribution in [-0.2, 0) is 0 Å². The van der Waals surface area contributed by atoms with Crippen molar-refractivity contribution < 1.29 is 4.79 Å². The van der Waals surface area contributed by atoms with Crippen molar-refractivity contribution in [3.8, 4) is 11.3 Å². The van der Waals surface area contributed by atoms with Crippen LogP contribution in [0.2, 0.25) is 0 Å². The third kappa shape index (κ3) is 4.41. The minimum absolute atomic E-state index is 0.0930. The molecule has 0 aliphatic rings. The molecule has 0 saturated heterocycles. The lowest BCUT2D eigenvalue weighted by molar-refractivity contribution is 0.0936. The molecule has 0 aliphatic heterocycles. The fourth-order valence-corrected chi connectivity index (χ4v) is 2.26. The summed E-state index contributed by atoms with van der Waals surface area (Å²) in [4.78, 5) is 20.1. The van der Waals surface area contributed by atoms with Gasteiger partial charge in [-0.3, -0.25) is 14.4 Å². The molecule has 0 spiro atoms. The fourth-order valence-electron chi connectivity index (χ4n) is 2.26. The van der Waals surface area contributed by atoms with E-state index in [1.54, 1.807) is 13.1 Å². The molecule has 0 radical (unpaired) electrons. The molecule has 7 nitrogen and oxygen atoms in total. The Morgan fingerprint density at radius 2 is 2.20 bits per heavy atom. The number of anilines is 1. The van der Waals surface area contributed by atoms with Crippen molar-refractivity contribution in [2.45, 2.75) is 20.8 Å². The van der Waals surface area contributed by atoms with Gasteiger partial charge in [-0.2, -0.15) is 0 Å². The second kappa shape index (κ2) is 8.05. The zero-order chi connectivity index (χ0) is 18.4. The lowest BCUT2D eigenvalue weighted by atomic mass is 10.1. The van der Waals surface area contributed by atoms with Gasteiger partial charge >= 0.3 is 0 Å². The molecule has 7 heteroatoms. The van der Waals surface area contributed by atoms with Crippen LogP contribution in [0, 0.1) is 5.41 Å². The molecule has 0 amide bonds. The summed E-state index contributed by atoms with van der Waals surface area (Å²) >= 11 is 0. The summed E-state index contributed by atoms with van der Waals surface area (Å²) < 4.78 is 1.44. The van der Waals surface area contributed by atoms with Gasteiger partial charge in [0.1, 0.15) is 12.2 Å². The Morgan fingerprint density at radius 1 is 1.44 bits per heavy atom. The number of nitrogens with one attached hydrogen (secondary N) is 2. The summed E-state index contributed by atoms with van der Waals surface area (Å²) in [6.45, 7) is 5.70. The average Bonchev–Trinajstić information content (AvgIpc) is 3.06. The highest BCUT2D eigenvalue weighted by Gasteiger charge is 2.09. The van der Waals surface area contributed by atoms with E-state index in [2.05, 4.69) is 15.3 Å². The van der Waals surface area contributed by atoms with E-state index < -0.39 is 0 Å². The molecule has 0 unspecified atom stereocenters. The molecule has 0 bridgehead atoms. The van der Waals surface area contributed by atoms with E-state index >= 15 is 0 Å². The molecule has 1 heterocycles. The van der Waals surface area contributed by atoms with Gasteiger partial charge in [0.05, 0.1) is 11.3 Å². The zero-order valence-electron chi connectivity index (χ0n) is 14.6. The smallest absolute Gasteiger partial charge is 0.228 e. The van der Waals surface area contributed by atoms with E-state index in [9.17, 15) is 4.79 Å². The van der Waals surface area contributed by atoms with E-state index in [1.165, 1.54) is 24.0 Å². The molecule has 0 fully saturated rings. The first-order valence-electron chi connectivity index (χ1n) is 7.90. The SMILES string of the molecule is CCN=C(Nc1cccc(-c2cn(C(C)=O)cn2)c1)/C(C=N)=C(\C)N. The van der Waals surface area contributed by atoms with Crippen molar-refractivity contribution in [3.05, 3.63) is 48.1 Å². The van der Waals surface area contributed by atoms with Crippen LogP contribution in [0.3, 0.4) is 0 Å². The number of hydrogen-bond donors (Lipinski definition) is 3. The standard InChI is InChI=1S/C18H22N6O/c1-4-21-18(16(9-19)12(2)20)23-15-7-5-6-14(8-15)17-10-24(11-22-17)13(3)25/h5-11,19H,4,20H2,1-3H3,(H,21,23)/b16-12+,19-9?. The molecule has 130 valence electrons. The normalized spacial score (nSPS) is 12.5. The number of nitrogens with zero attached hydrogens (tertiary/aromatic N) is 3. The predicted octanol–water partition coefficient (Wildman–Crippen LogP) is 2.92. The number of aromatic nitrogens is 2. The Labute approximate surface area is 146 Å². The van der Waals surface area contributed by atoms with E-state index in [0.717, 1.165) is 11.3 Å². The molecule has 1 aromatic carbocycles. The van der Waals surface area contributed by atoms with Crippen LogP contribution < -0.4 is 11.1 Å². The van der Waals surface area contributed by atoms with Gasteiger partial charge in [-0.05, 0) is 26.0 Å². The van der Waals surface area contributed by atoms with Crippen LogP contribution in [0.4, 0.5) is 5.69 Å². The number of imidazole rings is 1. The number of benzene rings is 1. The molecular weight excluding hydrogens is 316 g/mol. The second-order valence-corrected chi connectivity index (χ2v) is 5.45. The molecule has 1 aromatic heterocycles. The number of hydrogen-bond acceptors (Lipinski definition) is 5. The van der Waals surface area contributed by atoms with Gasteiger partial charge in [-0.1, -0.05) is 12.1 Å². The zero-order valence-corrected chi connectivity index (χ0v) is 14.6.